The summed E-state index contributed by atoms with van der Waals surface area (Å²) in [5.74, 6) is 1.43. The molecule has 0 aliphatic carbocycles. The third kappa shape index (κ3) is 6.08. The molecule has 0 amide bonds. The maximum atomic E-state index is 5.76. The van der Waals surface area contributed by atoms with Gasteiger partial charge in [0.2, 0.25) is 0 Å². The minimum absolute atomic E-state index is 0.164. The van der Waals surface area contributed by atoms with E-state index in [0.717, 1.165) is 12.2 Å². The van der Waals surface area contributed by atoms with E-state index in [4.69, 9.17) is 14.2 Å². The quantitative estimate of drug-likeness (QED) is 0.633. The van der Waals surface area contributed by atoms with Crippen molar-refractivity contribution in [2.75, 3.05) is 19.8 Å². The normalized spacial score (nSPS) is 11.3. The highest BCUT2D eigenvalue weighted by molar-refractivity contribution is 5.30. The number of ether oxygens (including phenoxy) is 3. The summed E-state index contributed by atoms with van der Waals surface area (Å²) >= 11 is 0. The van der Waals surface area contributed by atoms with Crippen molar-refractivity contribution in [3.05, 3.63) is 29.8 Å². The van der Waals surface area contributed by atoms with Crippen LogP contribution in [0.25, 0.3) is 0 Å². The molecule has 0 heterocycles. The van der Waals surface area contributed by atoms with Crippen LogP contribution in [0.2, 0.25) is 0 Å². The van der Waals surface area contributed by atoms with Crippen molar-refractivity contribution < 1.29 is 14.2 Å². The van der Waals surface area contributed by atoms with Gasteiger partial charge >= 0.3 is 0 Å². The topological polar surface area (TPSA) is 27.7 Å². The Morgan fingerprint density at radius 3 is 2.32 bits per heavy atom. The van der Waals surface area contributed by atoms with Gasteiger partial charge < -0.3 is 14.2 Å². The summed E-state index contributed by atoms with van der Waals surface area (Å²) in [5, 5.41) is 0. The molecule has 0 atom stereocenters. The first-order chi connectivity index (χ1) is 9.17. The van der Waals surface area contributed by atoms with Crippen molar-refractivity contribution >= 4 is 0 Å². The van der Waals surface area contributed by atoms with Crippen LogP contribution in [0.4, 0.5) is 0 Å². The van der Waals surface area contributed by atoms with Gasteiger partial charge in [-0.05, 0) is 37.5 Å². The lowest BCUT2D eigenvalue weighted by Gasteiger charge is -2.17. The molecule has 0 bridgehead atoms. The predicted molar refractivity (Wildman–Crippen MR) is 77.7 cm³/mol. The van der Waals surface area contributed by atoms with E-state index in [1.54, 1.807) is 0 Å². The summed E-state index contributed by atoms with van der Waals surface area (Å²) in [6, 6.07) is 8.25. The van der Waals surface area contributed by atoms with Gasteiger partial charge in [-0.15, -0.1) is 0 Å². The fourth-order valence-electron chi connectivity index (χ4n) is 1.82. The van der Waals surface area contributed by atoms with Gasteiger partial charge in [0, 0.05) is 19.6 Å². The van der Waals surface area contributed by atoms with Crippen molar-refractivity contribution in [2.24, 2.45) is 0 Å². The number of rotatable bonds is 9. The zero-order valence-electron chi connectivity index (χ0n) is 12.5. The molecule has 0 radical (unpaired) electrons. The molecule has 19 heavy (non-hydrogen) atoms. The first-order valence-corrected chi connectivity index (χ1v) is 7.13. The van der Waals surface area contributed by atoms with E-state index in [-0.39, 0.29) is 6.29 Å². The van der Waals surface area contributed by atoms with E-state index < -0.39 is 0 Å². The molecule has 0 saturated heterocycles. The van der Waals surface area contributed by atoms with Crippen molar-refractivity contribution in [3.63, 3.8) is 0 Å². The van der Waals surface area contributed by atoms with E-state index in [9.17, 15) is 0 Å². The molecule has 3 heteroatoms. The van der Waals surface area contributed by atoms with Gasteiger partial charge in [-0.2, -0.15) is 0 Å². The molecule has 1 aromatic carbocycles. The van der Waals surface area contributed by atoms with Gasteiger partial charge in [0.15, 0.2) is 6.29 Å². The minimum Gasteiger partial charge on any atom is -0.493 e. The average molecular weight is 266 g/mol. The van der Waals surface area contributed by atoms with Gasteiger partial charge in [-0.3, -0.25) is 0 Å². The summed E-state index contributed by atoms with van der Waals surface area (Å²) in [5.41, 5.74) is 1.30. The van der Waals surface area contributed by atoms with Crippen LogP contribution in [0, 0.1) is 0 Å². The lowest BCUT2D eigenvalue weighted by atomic mass is 10.0. The third-order valence-electron chi connectivity index (χ3n) is 2.85. The summed E-state index contributed by atoms with van der Waals surface area (Å²) in [6.07, 6.45) is 0.580. The maximum Gasteiger partial charge on any atom is 0.160 e. The van der Waals surface area contributed by atoms with Crippen LogP contribution in [0.5, 0.6) is 5.75 Å². The second-order valence-electron chi connectivity index (χ2n) is 4.70. The van der Waals surface area contributed by atoms with E-state index in [0.29, 0.717) is 25.7 Å². The minimum atomic E-state index is -0.164. The van der Waals surface area contributed by atoms with Gasteiger partial charge in [-0.1, -0.05) is 26.0 Å². The van der Waals surface area contributed by atoms with Gasteiger partial charge in [0.05, 0.1) is 6.61 Å². The lowest BCUT2D eigenvalue weighted by molar-refractivity contribution is -0.142. The fraction of sp³-hybridized carbons (Fsp3) is 0.625. The smallest absolute Gasteiger partial charge is 0.160 e. The molecule has 0 aliphatic heterocycles. The standard InChI is InChI=1S/C16H26O3/c1-5-17-16(18-6-2)10-11-19-15-9-7-8-14(12-15)13(3)4/h7-9,12-13,16H,5-6,10-11H2,1-4H3. The van der Waals surface area contributed by atoms with Crippen LogP contribution in [0.3, 0.4) is 0 Å². The van der Waals surface area contributed by atoms with Crippen LogP contribution >= 0.6 is 0 Å². The molecular weight excluding hydrogens is 240 g/mol. The first kappa shape index (κ1) is 16.0. The maximum absolute atomic E-state index is 5.76. The molecule has 3 nitrogen and oxygen atoms in total. The highest BCUT2D eigenvalue weighted by Crippen LogP contribution is 2.20. The number of hydrogen-bond donors (Lipinski definition) is 0. The SMILES string of the molecule is CCOC(CCOc1cccc(C(C)C)c1)OCC. The number of hydrogen-bond acceptors (Lipinski definition) is 3. The van der Waals surface area contributed by atoms with Gasteiger partial charge in [0.1, 0.15) is 5.75 Å². The summed E-state index contributed by atoms with van der Waals surface area (Å²) in [6.45, 7) is 10.2. The molecule has 0 aromatic heterocycles. The molecule has 108 valence electrons. The van der Waals surface area contributed by atoms with E-state index >= 15 is 0 Å². The second-order valence-corrected chi connectivity index (χ2v) is 4.70. The van der Waals surface area contributed by atoms with Crippen molar-refractivity contribution in [2.45, 2.75) is 46.3 Å². The average Bonchev–Trinajstić information content (AvgIpc) is 2.39. The molecule has 0 fully saturated rings. The van der Waals surface area contributed by atoms with Crippen LogP contribution in [-0.4, -0.2) is 26.1 Å². The highest BCUT2D eigenvalue weighted by Gasteiger charge is 2.08. The fourth-order valence-corrected chi connectivity index (χ4v) is 1.82. The molecular formula is C16H26O3. The first-order valence-electron chi connectivity index (χ1n) is 7.13. The van der Waals surface area contributed by atoms with Crippen molar-refractivity contribution in [1.82, 2.24) is 0 Å². The highest BCUT2D eigenvalue weighted by atomic mass is 16.7. The molecule has 0 N–H and O–H groups in total. The second kappa shape index (κ2) is 8.94. The van der Waals surface area contributed by atoms with Gasteiger partial charge in [-0.25, -0.2) is 0 Å². The summed E-state index contributed by atoms with van der Waals surface area (Å²) in [4.78, 5) is 0. The number of benzene rings is 1. The Labute approximate surface area is 116 Å². The molecule has 0 aliphatic rings. The molecule has 0 unspecified atom stereocenters. The van der Waals surface area contributed by atoms with Crippen LogP contribution in [-0.2, 0) is 9.47 Å². The Kier molecular flexibility index (Phi) is 7.53. The monoisotopic (exact) mass is 266 g/mol. The molecule has 1 rings (SSSR count). The van der Waals surface area contributed by atoms with Crippen LogP contribution in [0.15, 0.2) is 24.3 Å². The summed E-state index contributed by atoms with van der Waals surface area (Å²) in [7, 11) is 0. The Hall–Kier alpha value is -1.06. The zero-order chi connectivity index (χ0) is 14.1. The molecule has 0 spiro atoms. The largest absolute Gasteiger partial charge is 0.493 e. The predicted octanol–water partition coefficient (Wildman–Crippen LogP) is 3.98. The van der Waals surface area contributed by atoms with E-state index in [2.05, 4.69) is 26.0 Å². The van der Waals surface area contributed by atoms with Crippen LogP contribution in [0.1, 0.15) is 45.6 Å². The Morgan fingerprint density at radius 2 is 1.74 bits per heavy atom. The Bertz CT molecular complexity index is 344. The van der Waals surface area contributed by atoms with E-state index in [1.165, 1.54) is 5.56 Å². The van der Waals surface area contributed by atoms with Crippen molar-refractivity contribution in [3.8, 4) is 5.75 Å². The zero-order valence-corrected chi connectivity index (χ0v) is 12.5. The Balaban J connectivity index is 2.41. The van der Waals surface area contributed by atoms with Crippen molar-refractivity contribution in [1.29, 1.82) is 0 Å². The Morgan fingerprint density at radius 1 is 1.05 bits per heavy atom. The van der Waals surface area contributed by atoms with E-state index in [1.807, 2.05) is 26.0 Å². The lowest BCUT2D eigenvalue weighted by Crippen LogP contribution is -2.20. The van der Waals surface area contributed by atoms with Crippen LogP contribution < -0.4 is 4.74 Å². The van der Waals surface area contributed by atoms with Gasteiger partial charge in [0.25, 0.3) is 0 Å². The molecule has 1 aromatic rings. The molecule has 0 saturated carbocycles. The summed E-state index contributed by atoms with van der Waals surface area (Å²) < 4.78 is 16.7. The third-order valence-corrected chi connectivity index (χ3v) is 2.85.